The fourth-order valence-electron chi connectivity index (χ4n) is 1.15. The van der Waals surface area contributed by atoms with E-state index in [-0.39, 0.29) is 0 Å². The minimum absolute atomic E-state index is 0.534. The molecule has 1 aromatic carbocycles. The fourth-order valence-corrected chi connectivity index (χ4v) is 1.15. The zero-order chi connectivity index (χ0) is 9.10. The van der Waals surface area contributed by atoms with Crippen LogP contribution in [0.3, 0.4) is 0 Å². The van der Waals surface area contributed by atoms with Crippen molar-refractivity contribution in [2.75, 3.05) is 0 Å². The molecule has 0 aliphatic rings. The van der Waals surface area contributed by atoms with E-state index in [1.54, 1.807) is 6.20 Å². The normalized spacial score (nSPS) is 12.7. The van der Waals surface area contributed by atoms with Crippen LogP contribution in [0.2, 0.25) is 0 Å². The number of aromatic amines is 1. The van der Waals surface area contributed by atoms with Gasteiger partial charge in [0, 0.05) is 6.20 Å². The molecule has 0 aliphatic carbocycles. The Hall–Kier alpha value is -1.68. The van der Waals surface area contributed by atoms with Crippen LogP contribution < -0.4 is 0 Å². The summed E-state index contributed by atoms with van der Waals surface area (Å²) in [5.41, 5.74) is 1.35. The average Bonchev–Trinajstić information content (AvgIpc) is 2.71. The molecule has 13 heavy (non-hydrogen) atoms. The van der Waals surface area contributed by atoms with Crippen molar-refractivity contribution >= 4 is 0 Å². The van der Waals surface area contributed by atoms with Gasteiger partial charge in [0.25, 0.3) is 0 Å². The number of H-pyrrole nitrogens is 1. The molecule has 0 spiro atoms. The van der Waals surface area contributed by atoms with E-state index in [1.165, 1.54) is 0 Å². The molecule has 1 unspecified atom stereocenters. The zero-order valence-corrected chi connectivity index (χ0v) is 6.88. The van der Waals surface area contributed by atoms with Crippen molar-refractivity contribution in [3.8, 4) is 0 Å². The minimum Gasteiger partial charge on any atom is -0.382 e. The maximum absolute atomic E-state index is 9.76. The Labute approximate surface area is 75.2 Å². The van der Waals surface area contributed by atoms with Gasteiger partial charge in [-0.05, 0) is 5.56 Å². The second-order valence-electron chi connectivity index (χ2n) is 2.71. The molecule has 0 radical (unpaired) electrons. The van der Waals surface area contributed by atoms with Gasteiger partial charge in [-0.25, -0.2) is 0 Å². The smallest absolute Gasteiger partial charge is 0.124 e. The van der Waals surface area contributed by atoms with Crippen LogP contribution in [-0.4, -0.2) is 20.5 Å². The van der Waals surface area contributed by atoms with Gasteiger partial charge in [0.15, 0.2) is 0 Å². The molecule has 4 heteroatoms. The highest BCUT2D eigenvalue weighted by Crippen LogP contribution is 2.17. The number of aliphatic hydroxyl groups excluding tert-OH is 1. The van der Waals surface area contributed by atoms with Crippen molar-refractivity contribution in [3.63, 3.8) is 0 Å². The van der Waals surface area contributed by atoms with Crippen LogP contribution in [0.5, 0.6) is 0 Å². The van der Waals surface area contributed by atoms with E-state index in [2.05, 4.69) is 15.4 Å². The van der Waals surface area contributed by atoms with Gasteiger partial charge in [-0.3, -0.25) is 5.10 Å². The third-order valence-electron chi connectivity index (χ3n) is 1.83. The van der Waals surface area contributed by atoms with E-state index in [0.29, 0.717) is 5.69 Å². The number of hydrogen-bond donors (Lipinski definition) is 2. The van der Waals surface area contributed by atoms with Gasteiger partial charge in [0.1, 0.15) is 11.8 Å². The van der Waals surface area contributed by atoms with E-state index < -0.39 is 6.10 Å². The summed E-state index contributed by atoms with van der Waals surface area (Å²) in [6.45, 7) is 0. The molecule has 0 fully saturated rings. The number of rotatable bonds is 2. The summed E-state index contributed by atoms with van der Waals surface area (Å²) in [6.07, 6.45) is 0.887. The average molecular weight is 175 g/mol. The van der Waals surface area contributed by atoms with E-state index >= 15 is 0 Å². The van der Waals surface area contributed by atoms with Crippen LogP contribution in [0, 0.1) is 0 Å². The molecule has 0 aliphatic heterocycles. The quantitative estimate of drug-likeness (QED) is 0.712. The molecule has 66 valence electrons. The molecule has 4 nitrogen and oxygen atoms in total. The van der Waals surface area contributed by atoms with Gasteiger partial charge >= 0.3 is 0 Å². The second-order valence-corrected chi connectivity index (χ2v) is 2.71. The van der Waals surface area contributed by atoms with E-state index in [0.717, 1.165) is 5.56 Å². The Bertz CT molecular complexity index is 358. The molecular weight excluding hydrogens is 166 g/mol. The fraction of sp³-hybridized carbons (Fsp3) is 0.111. The lowest BCUT2D eigenvalue weighted by atomic mass is 10.1. The van der Waals surface area contributed by atoms with Crippen LogP contribution in [0.1, 0.15) is 17.4 Å². The largest absolute Gasteiger partial charge is 0.382 e. The predicted octanol–water partition coefficient (Wildman–Crippen LogP) is 0.886. The highest BCUT2D eigenvalue weighted by Gasteiger charge is 2.11. The monoisotopic (exact) mass is 175 g/mol. The van der Waals surface area contributed by atoms with Gasteiger partial charge in [0.05, 0.1) is 0 Å². The van der Waals surface area contributed by atoms with Crippen LogP contribution in [0.15, 0.2) is 36.5 Å². The van der Waals surface area contributed by atoms with Crippen LogP contribution in [0.4, 0.5) is 0 Å². The number of benzene rings is 1. The van der Waals surface area contributed by atoms with Crippen molar-refractivity contribution in [1.29, 1.82) is 0 Å². The lowest BCUT2D eigenvalue weighted by Crippen LogP contribution is -1.99. The summed E-state index contributed by atoms with van der Waals surface area (Å²) >= 11 is 0. The molecule has 2 N–H and O–H groups in total. The molecule has 0 saturated heterocycles. The van der Waals surface area contributed by atoms with Gasteiger partial charge < -0.3 is 5.11 Å². The van der Waals surface area contributed by atoms with Crippen LogP contribution in [-0.2, 0) is 0 Å². The summed E-state index contributed by atoms with van der Waals surface area (Å²) in [4.78, 5) is 0. The molecule has 0 amide bonds. The van der Waals surface area contributed by atoms with Crippen molar-refractivity contribution in [1.82, 2.24) is 15.4 Å². The molecule has 0 saturated carbocycles. The minimum atomic E-state index is -0.694. The SMILES string of the molecule is OC(c1ccccc1)c1c[nH]nn1. The molecule has 1 heterocycles. The Kier molecular flexibility index (Phi) is 2.06. The first kappa shape index (κ1) is 7.94. The first-order valence-corrected chi connectivity index (χ1v) is 3.97. The number of aromatic nitrogens is 3. The van der Waals surface area contributed by atoms with Crippen molar-refractivity contribution < 1.29 is 5.11 Å². The summed E-state index contributed by atoms with van der Waals surface area (Å²) in [5, 5.41) is 19.6. The standard InChI is InChI=1S/C9H9N3O/c13-9(8-6-10-12-11-8)7-4-2-1-3-5-7/h1-6,9,13H,(H,10,11,12). The van der Waals surface area contributed by atoms with Crippen molar-refractivity contribution in [3.05, 3.63) is 47.8 Å². The van der Waals surface area contributed by atoms with Gasteiger partial charge in [-0.2, -0.15) is 0 Å². The van der Waals surface area contributed by atoms with E-state index in [4.69, 9.17) is 0 Å². The maximum Gasteiger partial charge on any atom is 0.124 e. The molecule has 2 rings (SSSR count). The molecule has 1 aromatic heterocycles. The number of hydrogen-bond acceptors (Lipinski definition) is 3. The molecule has 2 aromatic rings. The third-order valence-corrected chi connectivity index (χ3v) is 1.83. The Morgan fingerprint density at radius 1 is 1.23 bits per heavy atom. The van der Waals surface area contributed by atoms with Crippen molar-refractivity contribution in [2.45, 2.75) is 6.10 Å². The third kappa shape index (κ3) is 1.57. The Balaban J connectivity index is 2.29. The van der Waals surface area contributed by atoms with Gasteiger partial charge in [-0.15, -0.1) is 5.10 Å². The summed E-state index contributed by atoms with van der Waals surface area (Å²) in [7, 11) is 0. The molecular formula is C9H9N3O. The molecule has 0 bridgehead atoms. The highest BCUT2D eigenvalue weighted by molar-refractivity contribution is 5.23. The second kappa shape index (κ2) is 3.37. The lowest BCUT2D eigenvalue weighted by molar-refractivity contribution is 0.215. The topological polar surface area (TPSA) is 61.8 Å². The maximum atomic E-state index is 9.76. The lowest BCUT2D eigenvalue weighted by Gasteiger charge is -2.05. The van der Waals surface area contributed by atoms with Crippen molar-refractivity contribution in [2.24, 2.45) is 0 Å². The van der Waals surface area contributed by atoms with Gasteiger partial charge in [-0.1, -0.05) is 35.5 Å². The first-order chi connectivity index (χ1) is 6.38. The number of aliphatic hydroxyl groups is 1. The summed E-state index contributed by atoms with van der Waals surface area (Å²) in [6, 6.07) is 9.34. The highest BCUT2D eigenvalue weighted by atomic mass is 16.3. The molecule has 1 atom stereocenters. The Morgan fingerprint density at radius 2 is 2.00 bits per heavy atom. The van der Waals surface area contributed by atoms with Crippen LogP contribution >= 0.6 is 0 Å². The number of nitrogens with one attached hydrogen (secondary N) is 1. The zero-order valence-electron chi connectivity index (χ0n) is 6.88. The van der Waals surface area contributed by atoms with E-state index in [9.17, 15) is 5.11 Å². The van der Waals surface area contributed by atoms with E-state index in [1.807, 2.05) is 30.3 Å². The van der Waals surface area contributed by atoms with Crippen LogP contribution in [0.25, 0.3) is 0 Å². The van der Waals surface area contributed by atoms with Gasteiger partial charge in [0.2, 0.25) is 0 Å². The Morgan fingerprint density at radius 3 is 2.62 bits per heavy atom. The summed E-state index contributed by atoms with van der Waals surface area (Å²) in [5.74, 6) is 0. The first-order valence-electron chi connectivity index (χ1n) is 3.97. The predicted molar refractivity (Wildman–Crippen MR) is 46.9 cm³/mol. The summed E-state index contributed by atoms with van der Waals surface area (Å²) < 4.78 is 0. The number of nitrogens with zero attached hydrogens (tertiary/aromatic N) is 2.